The molecule has 0 unspecified atom stereocenters. The van der Waals surface area contributed by atoms with Crippen LogP contribution in [0.3, 0.4) is 0 Å². The fourth-order valence-electron chi connectivity index (χ4n) is 4.66. The normalized spacial score (nSPS) is 19.9. The van der Waals surface area contributed by atoms with Crippen molar-refractivity contribution in [1.29, 1.82) is 0 Å². The molecule has 11 heteroatoms. The summed E-state index contributed by atoms with van der Waals surface area (Å²) in [5, 5.41) is 0.541. The summed E-state index contributed by atoms with van der Waals surface area (Å²) in [5.41, 5.74) is 0.164. The Morgan fingerprint density at radius 1 is 1.24 bits per heavy atom. The summed E-state index contributed by atoms with van der Waals surface area (Å²) in [5.74, 6) is 0.0896. The van der Waals surface area contributed by atoms with Crippen molar-refractivity contribution in [2.75, 3.05) is 12.0 Å². The highest BCUT2D eigenvalue weighted by atomic mass is 16.7. The maximum Gasteiger partial charge on any atom is 0.347 e. The highest BCUT2D eigenvalue weighted by molar-refractivity contribution is 6.06. The number of anilines is 1. The third-order valence-corrected chi connectivity index (χ3v) is 6.08. The number of carbonyl (C=O) groups is 2. The van der Waals surface area contributed by atoms with Gasteiger partial charge < -0.3 is 23.6 Å². The van der Waals surface area contributed by atoms with Gasteiger partial charge in [-0.3, -0.25) is 14.4 Å². The zero-order chi connectivity index (χ0) is 22.9. The molecule has 0 radical (unpaired) electrons. The van der Waals surface area contributed by atoms with Gasteiger partial charge in [0, 0.05) is 12.5 Å². The number of hydrogen-bond acceptors (Lipinski definition) is 9. The molecule has 6 rings (SSSR count). The van der Waals surface area contributed by atoms with Gasteiger partial charge in [-0.1, -0.05) is 0 Å². The highest BCUT2D eigenvalue weighted by Gasteiger charge is 2.45. The Balaban J connectivity index is 1.54. The van der Waals surface area contributed by atoms with Gasteiger partial charge in [-0.25, -0.2) is 14.7 Å². The summed E-state index contributed by atoms with van der Waals surface area (Å²) < 4.78 is 22.9. The van der Waals surface area contributed by atoms with Crippen LogP contribution < -0.4 is 25.6 Å². The molecule has 2 atom stereocenters. The Hall–Kier alpha value is -4.41. The smallest absolute Gasteiger partial charge is 0.347 e. The first-order chi connectivity index (χ1) is 16.0. The quantitative estimate of drug-likeness (QED) is 0.461. The SMILES string of the molecule is COc1cc2c(c3oc(=O)c4c(c13)CCC4=O)[C@@H]1C=C(N(C=O)c3cnc[nH]c3=O)O[C@@H]1O2. The van der Waals surface area contributed by atoms with Crippen LogP contribution in [0.2, 0.25) is 0 Å². The Kier molecular flexibility index (Phi) is 3.97. The maximum atomic E-state index is 12.7. The van der Waals surface area contributed by atoms with Crippen LogP contribution >= 0.6 is 0 Å². The molecule has 0 saturated heterocycles. The third-order valence-electron chi connectivity index (χ3n) is 6.08. The first-order valence-corrected chi connectivity index (χ1v) is 10.1. The van der Waals surface area contributed by atoms with E-state index >= 15 is 0 Å². The van der Waals surface area contributed by atoms with Gasteiger partial charge in [0.25, 0.3) is 11.8 Å². The van der Waals surface area contributed by atoms with Crippen LogP contribution in [0.1, 0.15) is 33.8 Å². The lowest BCUT2D eigenvalue weighted by molar-refractivity contribution is -0.108. The van der Waals surface area contributed by atoms with Crippen LogP contribution in [-0.4, -0.2) is 35.6 Å². The molecular formula is C22H15N3O8. The topological polar surface area (TPSA) is 141 Å². The maximum absolute atomic E-state index is 12.7. The zero-order valence-corrected chi connectivity index (χ0v) is 17.1. The second-order valence-corrected chi connectivity index (χ2v) is 7.74. The van der Waals surface area contributed by atoms with Crippen molar-refractivity contribution in [3.05, 3.63) is 68.0 Å². The van der Waals surface area contributed by atoms with Gasteiger partial charge >= 0.3 is 5.63 Å². The number of methoxy groups -OCH3 is 1. The summed E-state index contributed by atoms with van der Waals surface area (Å²) in [6.45, 7) is 0. The van der Waals surface area contributed by atoms with Crippen molar-refractivity contribution >= 4 is 28.8 Å². The molecule has 1 N–H and O–H groups in total. The van der Waals surface area contributed by atoms with Gasteiger partial charge in [-0.15, -0.1) is 0 Å². The van der Waals surface area contributed by atoms with Gasteiger partial charge in [0.15, 0.2) is 5.78 Å². The number of ether oxygens (including phenoxy) is 3. The van der Waals surface area contributed by atoms with Crippen molar-refractivity contribution in [3.8, 4) is 11.5 Å². The Bertz CT molecular complexity index is 1520. The predicted octanol–water partition coefficient (Wildman–Crippen LogP) is 1.35. The van der Waals surface area contributed by atoms with Crippen molar-refractivity contribution in [1.82, 2.24) is 9.97 Å². The lowest BCUT2D eigenvalue weighted by Gasteiger charge is -2.19. The lowest BCUT2D eigenvalue weighted by Crippen LogP contribution is -2.29. The Labute approximate surface area is 184 Å². The number of nitrogens with zero attached hydrogens (tertiary/aromatic N) is 2. The molecule has 2 aliphatic heterocycles. The summed E-state index contributed by atoms with van der Waals surface area (Å²) in [7, 11) is 1.48. The number of Topliss-reactive ketones (excluding diaryl/α,β-unsaturated/α-hetero) is 1. The summed E-state index contributed by atoms with van der Waals surface area (Å²) in [6.07, 6.45) is 4.26. The minimum absolute atomic E-state index is 0.0265. The van der Waals surface area contributed by atoms with E-state index in [0.29, 0.717) is 40.8 Å². The second-order valence-electron chi connectivity index (χ2n) is 7.74. The minimum Gasteiger partial charge on any atom is -0.496 e. The molecule has 0 fully saturated rings. The van der Waals surface area contributed by atoms with E-state index < -0.39 is 23.4 Å². The zero-order valence-electron chi connectivity index (χ0n) is 17.1. The molecule has 166 valence electrons. The molecule has 11 nitrogen and oxygen atoms in total. The van der Waals surface area contributed by atoms with E-state index in [2.05, 4.69) is 9.97 Å². The Morgan fingerprint density at radius 3 is 2.85 bits per heavy atom. The van der Waals surface area contributed by atoms with Crippen LogP contribution in [0.15, 0.2) is 44.6 Å². The molecule has 1 aromatic carbocycles. The van der Waals surface area contributed by atoms with Crippen molar-refractivity contribution in [3.63, 3.8) is 0 Å². The van der Waals surface area contributed by atoms with E-state index in [4.69, 9.17) is 18.6 Å². The van der Waals surface area contributed by atoms with Crippen LogP contribution in [0, 0.1) is 0 Å². The van der Waals surface area contributed by atoms with Crippen molar-refractivity contribution in [2.45, 2.75) is 25.0 Å². The van der Waals surface area contributed by atoms with Crippen LogP contribution in [-0.2, 0) is 16.0 Å². The molecular weight excluding hydrogens is 434 g/mol. The molecule has 3 aromatic rings. The third kappa shape index (κ3) is 2.59. The predicted molar refractivity (Wildman–Crippen MR) is 111 cm³/mol. The monoisotopic (exact) mass is 449 g/mol. The number of carbonyl (C=O) groups excluding carboxylic acids is 2. The largest absolute Gasteiger partial charge is 0.496 e. The average molecular weight is 449 g/mol. The number of hydrogen-bond donors (Lipinski definition) is 1. The molecule has 1 aliphatic carbocycles. The van der Waals surface area contributed by atoms with Gasteiger partial charge in [-0.05, 0) is 18.1 Å². The fourth-order valence-corrected chi connectivity index (χ4v) is 4.66. The lowest BCUT2D eigenvalue weighted by atomic mass is 9.95. The number of aryl methyl sites for hydroxylation is 1. The first kappa shape index (κ1) is 19.3. The molecule has 1 amide bonds. The second kappa shape index (κ2) is 6.79. The molecule has 4 heterocycles. The van der Waals surface area contributed by atoms with E-state index in [1.807, 2.05) is 0 Å². The number of ketones is 1. The van der Waals surface area contributed by atoms with Crippen molar-refractivity contribution in [2.24, 2.45) is 0 Å². The molecule has 0 saturated carbocycles. The Morgan fingerprint density at radius 2 is 2.09 bits per heavy atom. The first-order valence-electron chi connectivity index (χ1n) is 10.1. The number of nitrogens with one attached hydrogen (secondary N) is 1. The van der Waals surface area contributed by atoms with Gasteiger partial charge in [0.1, 0.15) is 28.3 Å². The number of benzene rings is 1. The van der Waals surface area contributed by atoms with E-state index in [1.165, 1.54) is 19.6 Å². The fraction of sp³-hybridized carbons (Fsp3) is 0.227. The summed E-state index contributed by atoms with van der Waals surface area (Å²) in [6, 6.07) is 1.67. The average Bonchev–Trinajstić information content (AvgIpc) is 3.48. The molecule has 0 spiro atoms. The number of aromatic nitrogens is 2. The van der Waals surface area contributed by atoms with E-state index in [9.17, 15) is 19.2 Å². The number of fused-ring (bicyclic) bond motifs is 7. The van der Waals surface area contributed by atoms with E-state index in [0.717, 1.165) is 4.90 Å². The van der Waals surface area contributed by atoms with E-state index in [-0.39, 0.29) is 34.9 Å². The van der Waals surface area contributed by atoms with Crippen molar-refractivity contribution < 1.29 is 28.2 Å². The summed E-state index contributed by atoms with van der Waals surface area (Å²) in [4.78, 5) is 56.1. The number of aromatic amines is 1. The molecule has 3 aliphatic rings. The highest BCUT2D eigenvalue weighted by Crippen LogP contribution is 2.51. The molecule has 33 heavy (non-hydrogen) atoms. The number of amides is 1. The summed E-state index contributed by atoms with van der Waals surface area (Å²) >= 11 is 0. The number of rotatable bonds is 4. The van der Waals surface area contributed by atoms with Crippen LogP contribution in [0.5, 0.6) is 11.5 Å². The van der Waals surface area contributed by atoms with Crippen LogP contribution in [0.4, 0.5) is 5.69 Å². The minimum atomic E-state index is -0.858. The van der Waals surface area contributed by atoms with Gasteiger partial charge in [0.05, 0.1) is 36.5 Å². The van der Waals surface area contributed by atoms with Gasteiger partial charge in [0.2, 0.25) is 12.3 Å². The van der Waals surface area contributed by atoms with E-state index in [1.54, 1.807) is 12.1 Å². The number of H-pyrrole nitrogens is 1. The van der Waals surface area contributed by atoms with Gasteiger partial charge in [-0.2, -0.15) is 0 Å². The molecule has 2 aromatic heterocycles. The standard InChI is InChI=1S/C22H15N3O8/c1-30-13-5-14-18(19-17(13)9-2-3-12(27)16(9)21(29)33-19)10-4-15(32-22(10)31-14)25(8-26)11-6-23-7-24-20(11)28/h4-8,10,22H,2-3H2,1H3,(H,23,24,28)/t10-,22-/m0/s1. The van der Waals surface area contributed by atoms with Crippen LogP contribution in [0.25, 0.3) is 11.0 Å². The molecule has 0 bridgehead atoms.